The Morgan fingerprint density at radius 1 is 1.37 bits per heavy atom. The minimum absolute atomic E-state index is 0.0515. The predicted octanol–water partition coefficient (Wildman–Crippen LogP) is 2.27. The molecule has 2 amide bonds. The summed E-state index contributed by atoms with van der Waals surface area (Å²) in [4.78, 5) is 26.9. The smallest absolute Gasteiger partial charge is 0.320 e. The van der Waals surface area contributed by atoms with Gasteiger partial charge in [-0.05, 0) is 32.6 Å². The predicted molar refractivity (Wildman–Crippen MR) is 74.0 cm³/mol. The number of rotatable bonds is 4. The van der Waals surface area contributed by atoms with Crippen LogP contribution in [0.1, 0.15) is 40.5 Å². The fourth-order valence-corrected chi connectivity index (χ4v) is 2.77. The van der Waals surface area contributed by atoms with E-state index in [1.165, 1.54) is 0 Å². The van der Waals surface area contributed by atoms with E-state index in [1.807, 2.05) is 13.8 Å². The second-order valence-electron chi connectivity index (χ2n) is 6.04. The molecule has 0 aromatic heterocycles. The van der Waals surface area contributed by atoms with Crippen LogP contribution in [-0.4, -0.2) is 52.6 Å². The van der Waals surface area contributed by atoms with Gasteiger partial charge in [0.15, 0.2) is 0 Å². The Morgan fingerprint density at radius 2 is 1.95 bits per heavy atom. The van der Waals surface area contributed by atoms with Gasteiger partial charge in [0.25, 0.3) is 0 Å². The Labute approximate surface area is 115 Å². The lowest BCUT2D eigenvalue weighted by atomic mass is 10.0. The number of urea groups is 1. The number of hydrogen-bond acceptors (Lipinski definition) is 2. The highest BCUT2D eigenvalue weighted by Gasteiger charge is 2.39. The van der Waals surface area contributed by atoms with Crippen LogP contribution in [0.4, 0.5) is 4.79 Å². The second-order valence-corrected chi connectivity index (χ2v) is 6.04. The monoisotopic (exact) mass is 270 g/mol. The quantitative estimate of drug-likeness (QED) is 0.852. The molecule has 3 unspecified atom stereocenters. The molecule has 0 radical (unpaired) electrons. The van der Waals surface area contributed by atoms with E-state index in [0.29, 0.717) is 18.9 Å². The molecule has 19 heavy (non-hydrogen) atoms. The molecule has 0 aliphatic carbocycles. The molecule has 110 valence electrons. The lowest BCUT2D eigenvalue weighted by Crippen LogP contribution is -2.47. The molecule has 3 atom stereocenters. The Morgan fingerprint density at radius 3 is 2.37 bits per heavy atom. The van der Waals surface area contributed by atoms with Crippen molar-refractivity contribution in [2.24, 2.45) is 11.8 Å². The van der Waals surface area contributed by atoms with E-state index in [4.69, 9.17) is 5.11 Å². The van der Waals surface area contributed by atoms with Crippen molar-refractivity contribution in [2.45, 2.75) is 52.6 Å². The molecule has 0 bridgehead atoms. The van der Waals surface area contributed by atoms with Crippen molar-refractivity contribution >= 4 is 12.0 Å². The molecule has 0 aromatic carbocycles. The SMILES string of the molecule is CC(C)CC(C)N(C)C(=O)N1CCC(C(=O)O)C1C. The minimum atomic E-state index is -0.805. The van der Waals surface area contributed by atoms with Crippen LogP contribution in [0, 0.1) is 11.8 Å². The summed E-state index contributed by atoms with van der Waals surface area (Å²) >= 11 is 0. The molecule has 1 aliphatic heterocycles. The average molecular weight is 270 g/mol. The molecule has 1 heterocycles. The van der Waals surface area contributed by atoms with E-state index in [1.54, 1.807) is 16.8 Å². The summed E-state index contributed by atoms with van der Waals surface area (Å²) in [5, 5.41) is 9.10. The first-order valence-corrected chi connectivity index (χ1v) is 7.02. The molecule has 0 aromatic rings. The van der Waals surface area contributed by atoms with E-state index in [-0.39, 0.29) is 18.1 Å². The standard InChI is InChI=1S/C14H26N2O3/c1-9(2)8-10(3)15(5)14(19)16-7-6-12(11(16)4)13(17)18/h9-12H,6-8H2,1-5H3,(H,17,18). The van der Waals surface area contributed by atoms with Crippen LogP contribution in [0.2, 0.25) is 0 Å². The first-order chi connectivity index (χ1) is 8.75. The number of nitrogens with zero attached hydrogens (tertiary/aromatic N) is 2. The summed E-state index contributed by atoms with van der Waals surface area (Å²) in [7, 11) is 1.80. The number of hydrogen-bond donors (Lipinski definition) is 1. The zero-order valence-electron chi connectivity index (χ0n) is 12.6. The van der Waals surface area contributed by atoms with Crippen LogP contribution < -0.4 is 0 Å². The minimum Gasteiger partial charge on any atom is -0.481 e. The van der Waals surface area contributed by atoms with Gasteiger partial charge in [-0.2, -0.15) is 0 Å². The zero-order chi connectivity index (χ0) is 14.7. The van der Waals surface area contributed by atoms with Crippen molar-refractivity contribution in [3.8, 4) is 0 Å². The first kappa shape index (κ1) is 15.8. The molecule has 1 aliphatic rings. The van der Waals surface area contributed by atoms with Gasteiger partial charge in [-0.25, -0.2) is 4.79 Å². The highest BCUT2D eigenvalue weighted by molar-refractivity contribution is 5.78. The average Bonchev–Trinajstić information content (AvgIpc) is 2.68. The number of carboxylic acids is 1. The van der Waals surface area contributed by atoms with Crippen molar-refractivity contribution in [3.05, 3.63) is 0 Å². The molecule has 1 N–H and O–H groups in total. The van der Waals surface area contributed by atoms with Gasteiger partial charge >= 0.3 is 12.0 Å². The molecule has 1 saturated heterocycles. The second kappa shape index (κ2) is 6.26. The van der Waals surface area contributed by atoms with E-state index >= 15 is 0 Å². The molecule has 1 rings (SSSR count). The van der Waals surface area contributed by atoms with Crippen molar-refractivity contribution in [2.75, 3.05) is 13.6 Å². The highest BCUT2D eigenvalue weighted by Crippen LogP contribution is 2.26. The van der Waals surface area contributed by atoms with Gasteiger partial charge in [0, 0.05) is 25.7 Å². The van der Waals surface area contributed by atoms with Gasteiger partial charge in [-0.15, -0.1) is 0 Å². The summed E-state index contributed by atoms with van der Waals surface area (Å²) in [5.74, 6) is -0.702. The van der Waals surface area contributed by atoms with Crippen molar-refractivity contribution in [1.82, 2.24) is 9.80 Å². The number of carbonyl (C=O) groups is 2. The maximum atomic E-state index is 12.4. The fourth-order valence-electron chi connectivity index (χ4n) is 2.77. The summed E-state index contributed by atoms with van der Waals surface area (Å²) < 4.78 is 0. The lowest BCUT2D eigenvalue weighted by molar-refractivity contribution is -0.142. The number of amides is 2. The topological polar surface area (TPSA) is 60.9 Å². The summed E-state index contributed by atoms with van der Waals surface area (Å²) in [6, 6.07) is -0.105. The van der Waals surface area contributed by atoms with Gasteiger partial charge in [-0.3, -0.25) is 4.79 Å². The van der Waals surface area contributed by atoms with E-state index < -0.39 is 11.9 Å². The van der Waals surface area contributed by atoms with E-state index in [9.17, 15) is 9.59 Å². The lowest BCUT2D eigenvalue weighted by Gasteiger charge is -2.33. The fraction of sp³-hybridized carbons (Fsp3) is 0.857. The normalized spacial score (nSPS) is 24.6. The highest BCUT2D eigenvalue weighted by atomic mass is 16.4. The third kappa shape index (κ3) is 3.61. The van der Waals surface area contributed by atoms with Crippen molar-refractivity contribution in [1.29, 1.82) is 0 Å². The number of carbonyl (C=O) groups excluding carboxylic acids is 1. The molecular weight excluding hydrogens is 244 g/mol. The zero-order valence-corrected chi connectivity index (χ0v) is 12.6. The maximum absolute atomic E-state index is 12.4. The van der Waals surface area contributed by atoms with Gasteiger partial charge < -0.3 is 14.9 Å². The molecule has 5 heteroatoms. The molecular formula is C14H26N2O3. The van der Waals surface area contributed by atoms with Crippen LogP contribution in [0.3, 0.4) is 0 Å². The van der Waals surface area contributed by atoms with Crippen LogP contribution in [-0.2, 0) is 4.79 Å². The molecule has 1 fully saturated rings. The third-order valence-corrected chi connectivity index (χ3v) is 4.09. The van der Waals surface area contributed by atoms with Crippen LogP contribution in [0.5, 0.6) is 0 Å². The van der Waals surface area contributed by atoms with Crippen molar-refractivity contribution < 1.29 is 14.7 Å². The van der Waals surface area contributed by atoms with Crippen LogP contribution in [0.25, 0.3) is 0 Å². The summed E-state index contributed by atoms with van der Waals surface area (Å²) in [6.07, 6.45) is 1.50. The molecule has 0 spiro atoms. The van der Waals surface area contributed by atoms with Gasteiger partial charge in [0.2, 0.25) is 0 Å². The number of carboxylic acid groups (broad SMARTS) is 1. The van der Waals surface area contributed by atoms with E-state index in [0.717, 1.165) is 6.42 Å². The largest absolute Gasteiger partial charge is 0.481 e. The van der Waals surface area contributed by atoms with Crippen LogP contribution >= 0.6 is 0 Å². The Balaban J connectivity index is 2.65. The molecule has 0 saturated carbocycles. The molecule has 5 nitrogen and oxygen atoms in total. The van der Waals surface area contributed by atoms with Crippen molar-refractivity contribution in [3.63, 3.8) is 0 Å². The van der Waals surface area contributed by atoms with Gasteiger partial charge in [-0.1, -0.05) is 13.8 Å². The third-order valence-electron chi connectivity index (χ3n) is 4.09. The van der Waals surface area contributed by atoms with Crippen LogP contribution in [0.15, 0.2) is 0 Å². The maximum Gasteiger partial charge on any atom is 0.320 e. The summed E-state index contributed by atoms with van der Waals surface area (Å²) in [5.41, 5.74) is 0. The Hall–Kier alpha value is -1.26. The number of aliphatic carboxylic acids is 1. The van der Waals surface area contributed by atoms with Gasteiger partial charge in [0.05, 0.1) is 5.92 Å². The Bertz CT molecular complexity index is 344. The number of likely N-dealkylation sites (tertiary alicyclic amines) is 1. The van der Waals surface area contributed by atoms with Gasteiger partial charge in [0.1, 0.15) is 0 Å². The van der Waals surface area contributed by atoms with E-state index in [2.05, 4.69) is 13.8 Å². The Kier molecular flexibility index (Phi) is 5.20. The summed E-state index contributed by atoms with van der Waals surface area (Å²) in [6.45, 7) is 8.66. The first-order valence-electron chi connectivity index (χ1n) is 7.02.